The van der Waals surface area contributed by atoms with Gasteiger partial charge in [-0.15, -0.1) is 0 Å². The van der Waals surface area contributed by atoms with Crippen molar-refractivity contribution in [3.8, 4) is 0 Å². The van der Waals surface area contributed by atoms with Crippen LogP contribution in [0.1, 0.15) is 38.5 Å². The molecule has 2 heterocycles. The Hall–Kier alpha value is -0.500. The Labute approximate surface area is 152 Å². The molecule has 0 saturated carbocycles. The summed E-state index contributed by atoms with van der Waals surface area (Å²) in [5.41, 5.74) is 0. The zero-order valence-electron chi connectivity index (χ0n) is 13.8. The van der Waals surface area contributed by atoms with Gasteiger partial charge in [-0.25, -0.2) is 12.8 Å². The minimum atomic E-state index is -3.60. The van der Waals surface area contributed by atoms with Crippen LogP contribution in [-0.4, -0.2) is 49.8 Å². The second kappa shape index (κ2) is 7.81. The zero-order chi connectivity index (χ0) is 17.2. The summed E-state index contributed by atoms with van der Waals surface area (Å²) in [6, 6.07) is 4.06. The fourth-order valence-electron chi connectivity index (χ4n) is 3.72. The third-order valence-electron chi connectivity index (χ3n) is 5.03. The summed E-state index contributed by atoms with van der Waals surface area (Å²) in [7, 11) is -3.60. The van der Waals surface area contributed by atoms with E-state index in [-0.39, 0.29) is 4.90 Å². The summed E-state index contributed by atoms with van der Waals surface area (Å²) < 4.78 is 41.1. The highest BCUT2D eigenvalue weighted by atomic mass is 79.9. The predicted octanol–water partition coefficient (Wildman–Crippen LogP) is 3.62. The first kappa shape index (κ1) is 18.3. The van der Waals surface area contributed by atoms with E-state index in [1.165, 1.54) is 43.9 Å². The summed E-state index contributed by atoms with van der Waals surface area (Å²) >= 11 is 3.20. The summed E-state index contributed by atoms with van der Waals surface area (Å²) in [4.78, 5) is 2.62. The second-order valence-corrected chi connectivity index (χ2v) is 9.44. The number of nitrogens with zero attached hydrogens (tertiary/aromatic N) is 2. The molecule has 1 aromatic carbocycles. The first-order valence-electron chi connectivity index (χ1n) is 8.68. The van der Waals surface area contributed by atoms with Gasteiger partial charge in [0.1, 0.15) is 5.82 Å². The maximum Gasteiger partial charge on any atom is 0.244 e. The van der Waals surface area contributed by atoms with Gasteiger partial charge in [0.2, 0.25) is 10.0 Å². The molecule has 4 nitrogen and oxygen atoms in total. The molecule has 2 fully saturated rings. The van der Waals surface area contributed by atoms with Crippen molar-refractivity contribution in [2.75, 3.05) is 26.2 Å². The smallest absolute Gasteiger partial charge is 0.244 e. The quantitative estimate of drug-likeness (QED) is 0.752. The predicted molar refractivity (Wildman–Crippen MR) is 95.9 cm³/mol. The molecule has 134 valence electrons. The van der Waals surface area contributed by atoms with E-state index in [9.17, 15) is 12.8 Å². The van der Waals surface area contributed by atoms with Gasteiger partial charge >= 0.3 is 0 Å². The monoisotopic (exact) mass is 418 g/mol. The highest BCUT2D eigenvalue weighted by Gasteiger charge is 2.33. The van der Waals surface area contributed by atoms with Crippen LogP contribution in [0.25, 0.3) is 0 Å². The lowest BCUT2D eigenvalue weighted by atomic mass is 10.1. The Morgan fingerprint density at radius 3 is 2.42 bits per heavy atom. The average molecular weight is 419 g/mol. The lowest BCUT2D eigenvalue weighted by Crippen LogP contribution is -2.50. The Morgan fingerprint density at radius 1 is 1.04 bits per heavy atom. The second-order valence-electron chi connectivity index (χ2n) is 6.68. The van der Waals surface area contributed by atoms with Crippen LogP contribution in [0.5, 0.6) is 0 Å². The largest absolute Gasteiger partial charge is 0.299 e. The average Bonchev–Trinajstić information content (AvgIpc) is 2.84. The van der Waals surface area contributed by atoms with E-state index in [1.807, 2.05) is 0 Å². The van der Waals surface area contributed by atoms with Crippen LogP contribution in [-0.2, 0) is 10.0 Å². The highest BCUT2D eigenvalue weighted by Crippen LogP contribution is 2.29. The van der Waals surface area contributed by atoms with Crippen molar-refractivity contribution in [1.82, 2.24) is 9.21 Å². The van der Waals surface area contributed by atoms with Gasteiger partial charge in [-0.3, -0.25) is 4.90 Å². The Bertz CT molecular complexity index is 675. The highest BCUT2D eigenvalue weighted by molar-refractivity contribution is 9.10. The first-order chi connectivity index (χ1) is 11.5. The minimum Gasteiger partial charge on any atom is -0.299 e. The first-order valence-corrected chi connectivity index (χ1v) is 10.9. The van der Waals surface area contributed by atoms with Crippen LogP contribution in [0.3, 0.4) is 0 Å². The number of halogens is 2. The number of benzene rings is 1. The number of piperidine rings is 1. The molecule has 1 unspecified atom stereocenters. The van der Waals surface area contributed by atoms with Gasteiger partial charge in [0.15, 0.2) is 0 Å². The molecule has 0 radical (unpaired) electrons. The maximum atomic E-state index is 13.3. The van der Waals surface area contributed by atoms with E-state index in [2.05, 4.69) is 20.8 Å². The molecule has 1 aromatic rings. The van der Waals surface area contributed by atoms with Crippen LogP contribution >= 0.6 is 15.9 Å². The molecule has 0 N–H and O–H groups in total. The van der Waals surface area contributed by atoms with Crippen molar-refractivity contribution in [3.63, 3.8) is 0 Å². The molecule has 7 heteroatoms. The lowest BCUT2D eigenvalue weighted by Gasteiger charge is -2.38. The fourth-order valence-corrected chi connectivity index (χ4v) is 6.25. The molecular formula is C17H24BrFN2O2S. The normalized spacial score (nSPS) is 24.7. The van der Waals surface area contributed by atoms with Crippen molar-refractivity contribution in [2.24, 2.45) is 0 Å². The molecule has 0 bridgehead atoms. The molecular weight excluding hydrogens is 395 g/mol. The SMILES string of the molecule is O=S(=O)(c1ccc(F)cc1Br)N1CCCC(N2CCCCCC2)C1. The van der Waals surface area contributed by atoms with E-state index >= 15 is 0 Å². The molecule has 0 aliphatic carbocycles. The molecule has 2 aliphatic rings. The van der Waals surface area contributed by atoms with Gasteiger partial charge in [0, 0.05) is 23.6 Å². The van der Waals surface area contributed by atoms with Crippen LogP contribution < -0.4 is 0 Å². The van der Waals surface area contributed by atoms with Gasteiger partial charge in [0.05, 0.1) is 4.90 Å². The van der Waals surface area contributed by atoms with Crippen molar-refractivity contribution in [2.45, 2.75) is 49.5 Å². The zero-order valence-corrected chi connectivity index (χ0v) is 16.2. The third kappa shape index (κ3) is 4.00. The van der Waals surface area contributed by atoms with E-state index in [0.29, 0.717) is 23.6 Å². The third-order valence-corrected chi connectivity index (χ3v) is 7.87. The molecule has 24 heavy (non-hydrogen) atoms. The summed E-state index contributed by atoms with van der Waals surface area (Å²) in [5, 5.41) is 0. The van der Waals surface area contributed by atoms with E-state index in [1.54, 1.807) is 4.31 Å². The standard InChI is InChI=1S/C17H24BrFN2O2S/c18-16-12-14(19)7-8-17(16)24(22,23)21-11-5-6-15(13-21)20-9-3-1-2-4-10-20/h7-8,12,15H,1-6,9-11,13H2. The van der Waals surface area contributed by atoms with E-state index < -0.39 is 15.8 Å². The van der Waals surface area contributed by atoms with Crippen molar-refractivity contribution < 1.29 is 12.8 Å². The Kier molecular flexibility index (Phi) is 5.95. The van der Waals surface area contributed by atoms with Crippen molar-refractivity contribution >= 4 is 26.0 Å². The fraction of sp³-hybridized carbons (Fsp3) is 0.647. The molecule has 2 aliphatic heterocycles. The van der Waals surface area contributed by atoms with E-state index in [0.717, 1.165) is 25.9 Å². The summed E-state index contributed by atoms with van der Waals surface area (Å²) in [6.45, 7) is 3.21. The van der Waals surface area contributed by atoms with Gasteiger partial charge in [-0.1, -0.05) is 12.8 Å². The molecule has 0 spiro atoms. The Morgan fingerprint density at radius 2 is 1.75 bits per heavy atom. The summed E-state index contributed by atoms with van der Waals surface area (Å²) in [5.74, 6) is -0.443. The molecule has 3 rings (SSSR count). The molecule has 0 amide bonds. The van der Waals surface area contributed by atoms with Crippen molar-refractivity contribution in [3.05, 3.63) is 28.5 Å². The lowest BCUT2D eigenvalue weighted by molar-refractivity contribution is 0.139. The van der Waals surface area contributed by atoms with E-state index in [4.69, 9.17) is 0 Å². The number of hydrogen-bond donors (Lipinski definition) is 0. The molecule has 0 aromatic heterocycles. The van der Waals surface area contributed by atoms with Gasteiger partial charge in [-0.05, 0) is 72.9 Å². The molecule has 2 saturated heterocycles. The van der Waals surface area contributed by atoms with Crippen LogP contribution in [0, 0.1) is 5.82 Å². The topological polar surface area (TPSA) is 40.6 Å². The maximum absolute atomic E-state index is 13.3. The van der Waals surface area contributed by atoms with Gasteiger partial charge in [0.25, 0.3) is 0 Å². The Balaban J connectivity index is 1.77. The minimum absolute atomic E-state index is 0.153. The number of hydrogen-bond acceptors (Lipinski definition) is 3. The van der Waals surface area contributed by atoms with Crippen LogP contribution in [0.4, 0.5) is 4.39 Å². The molecule has 1 atom stereocenters. The van der Waals surface area contributed by atoms with Crippen LogP contribution in [0.2, 0.25) is 0 Å². The summed E-state index contributed by atoms with van der Waals surface area (Å²) in [6.07, 6.45) is 6.87. The van der Waals surface area contributed by atoms with Crippen LogP contribution in [0.15, 0.2) is 27.6 Å². The van der Waals surface area contributed by atoms with Gasteiger partial charge < -0.3 is 0 Å². The number of likely N-dealkylation sites (tertiary alicyclic amines) is 1. The number of rotatable bonds is 3. The number of sulfonamides is 1. The van der Waals surface area contributed by atoms with Gasteiger partial charge in [-0.2, -0.15) is 4.31 Å². The van der Waals surface area contributed by atoms with Crippen molar-refractivity contribution in [1.29, 1.82) is 0 Å².